The molecule has 0 radical (unpaired) electrons. The summed E-state index contributed by atoms with van der Waals surface area (Å²) < 4.78 is 15.8. The van der Waals surface area contributed by atoms with Crippen LogP contribution in [0.15, 0.2) is 28.7 Å². The number of halogens is 2. The van der Waals surface area contributed by atoms with Crippen molar-refractivity contribution < 1.29 is 4.39 Å². The van der Waals surface area contributed by atoms with Crippen LogP contribution >= 0.6 is 27.3 Å². The van der Waals surface area contributed by atoms with Crippen molar-refractivity contribution in [2.45, 2.75) is 19.5 Å². The Labute approximate surface area is 94.9 Å². The fraction of sp³-hybridized carbons (Fsp3) is 0.273. The smallest absolute Gasteiger partial charge is 0.139 e. The minimum absolute atomic E-state index is 0.783. The van der Waals surface area contributed by atoms with Gasteiger partial charge in [0.15, 0.2) is 0 Å². The molecule has 2 rings (SSSR count). The van der Waals surface area contributed by atoms with Crippen LogP contribution in [0.25, 0.3) is 10.1 Å². The van der Waals surface area contributed by atoms with E-state index < -0.39 is 5.67 Å². The minimum Gasteiger partial charge on any atom is -0.238 e. The Hall–Kier alpha value is -0.410. The van der Waals surface area contributed by atoms with Gasteiger partial charge < -0.3 is 0 Å². The molecule has 0 atom stereocenters. The lowest BCUT2D eigenvalue weighted by molar-refractivity contribution is 0.227. The Morgan fingerprint density at radius 1 is 1.29 bits per heavy atom. The van der Waals surface area contributed by atoms with Gasteiger partial charge >= 0.3 is 0 Å². The van der Waals surface area contributed by atoms with E-state index in [4.69, 9.17) is 0 Å². The van der Waals surface area contributed by atoms with Crippen molar-refractivity contribution in [1.29, 1.82) is 0 Å². The normalized spacial score (nSPS) is 12.3. The molecule has 2 aromatic rings. The first kappa shape index (κ1) is 10.1. The maximum Gasteiger partial charge on any atom is 0.139 e. The third kappa shape index (κ3) is 1.84. The standard InChI is InChI=1S/C11H10BrFS/c1-11(2,13)10-5-7-3-4-8(12)6-9(7)14-10/h3-6H,1-2H3. The van der Waals surface area contributed by atoms with Gasteiger partial charge in [-0.05, 0) is 37.4 Å². The van der Waals surface area contributed by atoms with Crippen LogP contribution in [0.3, 0.4) is 0 Å². The summed E-state index contributed by atoms with van der Waals surface area (Å²) in [7, 11) is 0. The molecule has 0 aliphatic rings. The number of thiophene rings is 1. The highest BCUT2D eigenvalue weighted by atomic mass is 79.9. The number of hydrogen-bond acceptors (Lipinski definition) is 1. The van der Waals surface area contributed by atoms with Crippen molar-refractivity contribution in [3.8, 4) is 0 Å². The molecule has 0 spiro atoms. The molecular formula is C11H10BrFS. The molecule has 0 amide bonds. The summed E-state index contributed by atoms with van der Waals surface area (Å²) in [4.78, 5) is 0.783. The van der Waals surface area contributed by atoms with Gasteiger partial charge in [0.2, 0.25) is 0 Å². The monoisotopic (exact) mass is 272 g/mol. The first-order valence-corrected chi connectivity index (χ1v) is 5.96. The van der Waals surface area contributed by atoms with Gasteiger partial charge in [-0.1, -0.05) is 22.0 Å². The molecule has 0 fully saturated rings. The summed E-state index contributed by atoms with van der Waals surface area (Å²) >= 11 is 4.92. The molecule has 0 aliphatic heterocycles. The zero-order valence-corrected chi connectivity index (χ0v) is 10.4. The van der Waals surface area contributed by atoms with E-state index >= 15 is 0 Å². The van der Waals surface area contributed by atoms with Crippen LogP contribution in [0.1, 0.15) is 18.7 Å². The largest absolute Gasteiger partial charge is 0.238 e. The summed E-state index contributed by atoms with van der Waals surface area (Å²) in [5.41, 5.74) is -1.24. The molecule has 74 valence electrons. The molecule has 0 N–H and O–H groups in total. The first-order chi connectivity index (χ1) is 6.47. The summed E-state index contributed by atoms with van der Waals surface area (Å²) in [6, 6.07) is 7.93. The molecule has 0 bridgehead atoms. The third-order valence-corrected chi connectivity index (χ3v) is 3.96. The van der Waals surface area contributed by atoms with Gasteiger partial charge in [-0.3, -0.25) is 0 Å². The van der Waals surface area contributed by atoms with Gasteiger partial charge in [-0.25, -0.2) is 4.39 Å². The molecule has 3 heteroatoms. The van der Waals surface area contributed by atoms with E-state index in [1.807, 2.05) is 24.3 Å². The maximum absolute atomic E-state index is 13.7. The van der Waals surface area contributed by atoms with Crippen LogP contribution < -0.4 is 0 Å². The molecule has 1 aromatic carbocycles. The Kier molecular flexibility index (Phi) is 2.40. The fourth-order valence-corrected chi connectivity index (χ4v) is 2.91. The lowest BCUT2D eigenvalue weighted by Crippen LogP contribution is -2.05. The van der Waals surface area contributed by atoms with Gasteiger partial charge in [0, 0.05) is 14.0 Å². The van der Waals surface area contributed by atoms with Crippen LogP contribution in [-0.4, -0.2) is 0 Å². The molecule has 1 aromatic heterocycles. The lowest BCUT2D eigenvalue weighted by Gasteiger charge is -2.09. The Morgan fingerprint density at radius 3 is 2.64 bits per heavy atom. The molecular weight excluding hydrogens is 263 g/mol. The van der Waals surface area contributed by atoms with Gasteiger partial charge in [0.05, 0.1) is 0 Å². The van der Waals surface area contributed by atoms with Crippen molar-refractivity contribution in [2.24, 2.45) is 0 Å². The Bertz CT molecular complexity index is 468. The predicted molar refractivity (Wildman–Crippen MR) is 63.7 cm³/mol. The van der Waals surface area contributed by atoms with Crippen LogP contribution in [0.2, 0.25) is 0 Å². The van der Waals surface area contributed by atoms with Crippen LogP contribution in [0.5, 0.6) is 0 Å². The maximum atomic E-state index is 13.7. The van der Waals surface area contributed by atoms with E-state index in [9.17, 15) is 4.39 Å². The van der Waals surface area contributed by atoms with Crippen molar-refractivity contribution in [2.75, 3.05) is 0 Å². The molecule has 1 heterocycles. The number of hydrogen-bond donors (Lipinski definition) is 0. The van der Waals surface area contributed by atoms with Crippen molar-refractivity contribution in [3.63, 3.8) is 0 Å². The lowest BCUT2D eigenvalue weighted by atomic mass is 10.1. The first-order valence-electron chi connectivity index (χ1n) is 4.35. The van der Waals surface area contributed by atoms with Crippen molar-refractivity contribution in [3.05, 3.63) is 33.6 Å². The number of fused-ring (bicyclic) bond motifs is 1. The van der Waals surface area contributed by atoms with E-state index in [1.54, 1.807) is 13.8 Å². The Morgan fingerprint density at radius 2 is 2.00 bits per heavy atom. The van der Waals surface area contributed by atoms with E-state index in [2.05, 4.69) is 15.9 Å². The quantitative estimate of drug-likeness (QED) is 0.695. The average molecular weight is 273 g/mol. The Balaban J connectivity index is 2.63. The summed E-state index contributed by atoms with van der Waals surface area (Å²) in [6.07, 6.45) is 0. The van der Waals surface area contributed by atoms with E-state index in [0.29, 0.717) is 0 Å². The van der Waals surface area contributed by atoms with Crippen LogP contribution in [0.4, 0.5) is 4.39 Å². The van der Waals surface area contributed by atoms with Gasteiger partial charge in [0.25, 0.3) is 0 Å². The van der Waals surface area contributed by atoms with E-state index in [-0.39, 0.29) is 0 Å². The van der Waals surface area contributed by atoms with Crippen LogP contribution in [-0.2, 0) is 5.67 Å². The predicted octanol–water partition coefficient (Wildman–Crippen LogP) is 4.87. The van der Waals surface area contributed by atoms with Crippen molar-refractivity contribution >= 4 is 37.4 Å². The highest BCUT2D eigenvalue weighted by molar-refractivity contribution is 9.10. The second-order valence-electron chi connectivity index (χ2n) is 3.77. The molecule has 0 nitrogen and oxygen atoms in total. The summed E-state index contributed by atoms with van der Waals surface area (Å²) in [5.74, 6) is 0. The average Bonchev–Trinajstić information content (AvgIpc) is 2.45. The second kappa shape index (κ2) is 3.31. The molecule has 0 saturated heterocycles. The summed E-state index contributed by atoms with van der Waals surface area (Å²) in [6.45, 7) is 3.18. The van der Waals surface area contributed by atoms with Crippen molar-refractivity contribution in [1.82, 2.24) is 0 Å². The fourth-order valence-electron chi connectivity index (χ4n) is 1.30. The zero-order valence-electron chi connectivity index (χ0n) is 7.97. The van der Waals surface area contributed by atoms with Gasteiger partial charge in [-0.15, -0.1) is 11.3 Å². The highest BCUT2D eigenvalue weighted by Gasteiger charge is 2.21. The minimum atomic E-state index is -1.24. The molecule has 0 aliphatic carbocycles. The second-order valence-corrected chi connectivity index (χ2v) is 5.76. The molecule has 0 unspecified atom stereocenters. The van der Waals surface area contributed by atoms with Crippen LogP contribution in [0, 0.1) is 0 Å². The van der Waals surface area contributed by atoms with Gasteiger partial charge in [-0.2, -0.15) is 0 Å². The highest BCUT2D eigenvalue weighted by Crippen LogP contribution is 2.36. The zero-order chi connectivity index (χ0) is 10.3. The third-order valence-electron chi connectivity index (χ3n) is 2.07. The number of rotatable bonds is 1. The van der Waals surface area contributed by atoms with E-state index in [0.717, 1.165) is 19.4 Å². The number of alkyl halides is 1. The molecule has 0 saturated carbocycles. The SMILES string of the molecule is CC(C)(F)c1cc2ccc(Br)cc2s1. The topological polar surface area (TPSA) is 0 Å². The molecule has 14 heavy (non-hydrogen) atoms. The number of benzene rings is 1. The van der Waals surface area contributed by atoms with Gasteiger partial charge in [0.1, 0.15) is 5.67 Å². The summed E-state index contributed by atoms with van der Waals surface area (Å²) in [5, 5.41) is 1.11. The van der Waals surface area contributed by atoms with E-state index in [1.165, 1.54) is 11.3 Å².